The Hall–Kier alpha value is -1.15. The Balaban J connectivity index is 4.45. The van der Waals surface area contributed by atoms with Crippen molar-refractivity contribution in [2.45, 2.75) is 233 Å². The van der Waals surface area contributed by atoms with Crippen LogP contribution in [0, 0.1) is 11.8 Å². The number of allylic oxidation sites excluding steroid dienone is 1. The van der Waals surface area contributed by atoms with Gasteiger partial charge in [-0.3, -0.25) is 9.69 Å². The molecule has 7 heteroatoms. The van der Waals surface area contributed by atoms with E-state index in [1.807, 2.05) is 4.90 Å². The Bertz CT molecular complexity index is 747. The predicted molar refractivity (Wildman–Crippen MR) is 230 cm³/mol. The third-order valence-electron chi connectivity index (χ3n) is 11.2. The van der Waals surface area contributed by atoms with Gasteiger partial charge in [-0.2, -0.15) is 0 Å². The van der Waals surface area contributed by atoms with Crippen LogP contribution >= 0.6 is 0 Å². The first-order valence-corrected chi connectivity index (χ1v) is 23.5. The Morgan fingerprint density at radius 3 is 1.28 bits per heavy atom. The van der Waals surface area contributed by atoms with E-state index in [2.05, 4.69) is 34.3 Å². The van der Waals surface area contributed by atoms with Gasteiger partial charge in [0.15, 0.2) is 0 Å². The van der Waals surface area contributed by atoms with Gasteiger partial charge in [0, 0.05) is 25.6 Å². The molecule has 0 aromatic heterocycles. The van der Waals surface area contributed by atoms with Crippen LogP contribution in [0.25, 0.3) is 0 Å². The van der Waals surface area contributed by atoms with Crippen LogP contribution in [0.3, 0.4) is 0 Å². The first kappa shape index (κ1) is 52.9. The Morgan fingerprint density at radius 1 is 0.500 bits per heavy atom. The molecule has 0 saturated carbocycles. The van der Waals surface area contributed by atoms with Gasteiger partial charge in [0.2, 0.25) is 0 Å². The van der Waals surface area contributed by atoms with Crippen molar-refractivity contribution in [3.8, 4) is 0 Å². The maximum Gasteiger partial charge on any atom is 0.308 e. The fourth-order valence-corrected chi connectivity index (χ4v) is 7.58. The van der Waals surface area contributed by atoms with E-state index in [1.54, 1.807) is 0 Å². The lowest BCUT2D eigenvalue weighted by atomic mass is 9.93. The van der Waals surface area contributed by atoms with Crippen molar-refractivity contribution in [3.05, 3.63) is 12.3 Å². The standard InChI is InChI=1S/C47H93NO6/c1-6-10-14-18-20-24-31-43(30-22-16-12-8-3)42(5)53-38-28-26-34-45(50)40-48(36-37-49)41-46(51)35-27-29-39-54-47(52)44(32-23-17-13-9-4)33-25-21-19-15-11-7-2/h43-46,49-51H,5-41H2,1-4H3/t43?,44?,45-,46-/m1/s1. The molecule has 0 spiro atoms. The van der Waals surface area contributed by atoms with E-state index in [-0.39, 0.29) is 18.5 Å². The van der Waals surface area contributed by atoms with E-state index in [9.17, 15) is 20.1 Å². The highest BCUT2D eigenvalue weighted by Crippen LogP contribution is 2.26. The van der Waals surface area contributed by atoms with E-state index < -0.39 is 12.2 Å². The lowest BCUT2D eigenvalue weighted by Crippen LogP contribution is -2.39. The minimum atomic E-state index is -0.552. The van der Waals surface area contributed by atoms with Crippen LogP contribution in [0.1, 0.15) is 220 Å². The third kappa shape index (κ3) is 33.0. The van der Waals surface area contributed by atoms with Gasteiger partial charge in [-0.25, -0.2) is 0 Å². The number of carbonyl (C=O) groups excluding carboxylic acids is 1. The number of hydrogen-bond donors (Lipinski definition) is 3. The van der Waals surface area contributed by atoms with Crippen LogP contribution in [0.4, 0.5) is 0 Å². The summed E-state index contributed by atoms with van der Waals surface area (Å²) in [7, 11) is 0. The van der Waals surface area contributed by atoms with Crippen LogP contribution in [-0.2, 0) is 14.3 Å². The zero-order valence-electron chi connectivity index (χ0n) is 36.5. The Morgan fingerprint density at radius 2 is 0.852 bits per heavy atom. The molecule has 322 valence electrons. The van der Waals surface area contributed by atoms with Gasteiger partial charge < -0.3 is 24.8 Å². The average molecular weight is 768 g/mol. The molecule has 4 atom stereocenters. The van der Waals surface area contributed by atoms with Gasteiger partial charge in [0.05, 0.1) is 43.7 Å². The van der Waals surface area contributed by atoms with E-state index in [0.717, 1.165) is 57.1 Å². The van der Waals surface area contributed by atoms with Crippen LogP contribution in [0.5, 0.6) is 0 Å². The maximum absolute atomic E-state index is 12.9. The summed E-state index contributed by atoms with van der Waals surface area (Å²) in [5.74, 6) is 1.38. The third-order valence-corrected chi connectivity index (χ3v) is 11.2. The molecule has 0 aromatic carbocycles. The molecule has 0 aromatic rings. The fourth-order valence-electron chi connectivity index (χ4n) is 7.58. The summed E-state index contributed by atoms with van der Waals surface area (Å²) in [5.41, 5.74) is 0. The summed E-state index contributed by atoms with van der Waals surface area (Å²) in [6.07, 6.45) is 32.7. The minimum absolute atomic E-state index is 0.0119. The molecule has 0 aliphatic carbocycles. The zero-order chi connectivity index (χ0) is 39.9. The van der Waals surface area contributed by atoms with E-state index >= 15 is 0 Å². The second-order valence-corrected chi connectivity index (χ2v) is 16.5. The maximum atomic E-state index is 12.9. The van der Waals surface area contributed by atoms with Gasteiger partial charge >= 0.3 is 5.97 Å². The second-order valence-electron chi connectivity index (χ2n) is 16.5. The number of esters is 1. The summed E-state index contributed by atoms with van der Waals surface area (Å²) in [6, 6.07) is 0. The first-order valence-electron chi connectivity index (χ1n) is 23.5. The summed E-state index contributed by atoms with van der Waals surface area (Å²) in [6.45, 7) is 15.6. The van der Waals surface area contributed by atoms with Crippen molar-refractivity contribution in [2.75, 3.05) is 39.5 Å². The molecule has 0 heterocycles. The van der Waals surface area contributed by atoms with Crippen molar-refractivity contribution < 1.29 is 29.6 Å². The molecule has 0 rings (SSSR count). The predicted octanol–water partition coefficient (Wildman–Crippen LogP) is 12.1. The van der Waals surface area contributed by atoms with Gasteiger partial charge in [-0.1, -0.05) is 163 Å². The lowest BCUT2D eigenvalue weighted by molar-refractivity contribution is -0.149. The number of aliphatic hydroxyl groups is 3. The molecule has 0 radical (unpaired) electrons. The van der Waals surface area contributed by atoms with E-state index in [4.69, 9.17) is 9.47 Å². The SMILES string of the molecule is C=C(OCCCC[C@@H](O)CN(CCO)C[C@H](O)CCCCOC(=O)C(CCCCCC)CCCCCCCC)C(CCCCCC)CCCCCCCC. The minimum Gasteiger partial charge on any atom is -0.498 e. The second kappa shape index (κ2) is 40.1. The largest absolute Gasteiger partial charge is 0.498 e. The Labute approximate surface area is 335 Å². The van der Waals surface area contributed by atoms with Crippen molar-refractivity contribution in [1.82, 2.24) is 4.90 Å². The summed E-state index contributed by atoms with van der Waals surface area (Å²) in [4.78, 5) is 14.9. The van der Waals surface area contributed by atoms with Crippen LogP contribution in [-0.4, -0.2) is 77.9 Å². The highest BCUT2D eigenvalue weighted by atomic mass is 16.5. The molecule has 0 fully saturated rings. The number of hydrogen-bond acceptors (Lipinski definition) is 7. The molecular weight excluding hydrogens is 675 g/mol. The van der Waals surface area contributed by atoms with Gasteiger partial charge in [0.1, 0.15) is 0 Å². The van der Waals surface area contributed by atoms with Gasteiger partial charge in [0.25, 0.3) is 0 Å². The number of unbranched alkanes of at least 4 members (excludes halogenated alkanes) is 18. The van der Waals surface area contributed by atoms with Crippen molar-refractivity contribution in [2.24, 2.45) is 11.8 Å². The quantitative estimate of drug-likeness (QED) is 0.0323. The monoisotopic (exact) mass is 768 g/mol. The van der Waals surface area contributed by atoms with Crippen LogP contribution < -0.4 is 0 Å². The fraction of sp³-hybridized carbons (Fsp3) is 0.936. The van der Waals surface area contributed by atoms with Crippen LogP contribution in [0.15, 0.2) is 12.3 Å². The highest BCUT2D eigenvalue weighted by molar-refractivity contribution is 5.72. The van der Waals surface area contributed by atoms with Crippen molar-refractivity contribution >= 4 is 5.97 Å². The van der Waals surface area contributed by atoms with E-state index in [1.165, 1.54) is 128 Å². The summed E-state index contributed by atoms with van der Waals surface area (Å²) >= 11 is 0. The topological polar surface area (TPSA) is 99.5 Å². The number of nitrogens with zero attached hydrogens (tertiary/aromatic N) is 1. The number of aliphatic hydroxyl groups excluding tert-OH is 3. The first-order chi connectivity index (χ1) is 26.3. The zero-order valence-corrected chi connectivity index (χ0v) is 36.5. The molecule has 0 amide bonds. The highest BCUT2D eigenvalue weighted by Gasteiger charge is 2.20. The molecule has 0 saturated heterocycles. The lowest BCUT2D eigenvalue weighted by Gasteiger charge is -2.26. The normalized spacial score (nSPS) is 13.9. The van der Waals surface area contributed by atoms with Gasteiger partial charge in [-0.15, -0.1) is 0 Å². The van der Waals surface area contributed by atoms with Crippen molar-refractivity contribution in [3.63, 3.8) is 0 Å². The molecular formula is C47H93NO6. The Kier molecular flexibility index (Phi) is 39.2. The number of carbonyl (C=O) groups is 1. The van der Waals surface area contributed by atoms with E-state index in [0.29, 0.717) is 51.6 Å². The molecule has 2 unspecified atom stereocenters. The average Bonchev–Trinajstić information content (AvgIpc) is 3.15. The molecule has 0 bridgehead atoms. The summed E-state index contributed by atoms with van der Waals surface area (Å²) in [5, 5.41) is 31.2. The molecule has 0 aliphatic rings. The molecule has 0 aliphatic heterocycles. The van der Waals surface area contributed by atoms with Crippen molar-refractivity contribution in [1.29, 1.82) is 0 Å². The molecule has 7 nitrogen and oxygen atoms in total. The van der Waals surface area contributed by atoms with Gasteiger partial charge in [-0.05, 0) is 64.2 Å². The number of rotatable bonds is 43. The summed E-state index contributed by atoms with van der Waals surface area (Å²) < 4.78 is 11.9. The molecule has 3 N–H and O–H groups in total. The number of ether oxygens (including phenoxy) is 2. The molecule has 54 heavy (non-hydrogen) atoms. The van der Waals surface area contributed by atoms with Crippen LogP contribution in [0.2, 0.25) is 0 Å². The smallest absolute Gasteiger partial charge is 0.308 e.